The number of benzene rings is 3. The first-order valence-corrected chi connectivity index (χ1v) is 13.4. The number of aromatic amines is 1. The van der Waals surface area contributed by atoms with Gasteiger partial charge >= 0.3 is 0 Å². The van der Waals surface area contributed by atoms with Crippen LogP contribution in [-0.4, -0.2) is 28.5 Å². The van der Waals surface area contributed by atoms with Gasteiger partial charge < -0.3 is 4.98 Å². The third kappa shape index (κ3) is 4.65. The Bertz CT molecular complexity index is 1430. The number of carbonyl (C=O) groups excluding carboxylic acids is 1. The number of rotatable bonds is 7. The molecule has 1 aliphatic rings. The van der Waals surface area contributed by atoms with Gasteiger partial charge in [0.2, 0.25) is 15.9 Å². The van der Waals surface area contributed by atoms with E-state index in [2.05, 4.69) is 19.4 Å². The van der Waals surface area contributed by atoms with Gasteiger partial charge in [0, 0.05) is 6.42 Å². The highest BCUT2D eigenvalue weighted by Gasteiger charge is 2.31. The lowest BCUT2D eigenvalue weighted by atomic mass is 10.0. The molecule has 3 atom stereocenters. The quantitative estimate of drug-likeness (QED) is 0.365. The number of hydrogen-bond acceptors (Lipinski definition) is 5. The van der Waals surface area contributed by atoms with Gasteiger partial charge in [-0.2, -0.15) is 0 Å². The molecule has 3 aromatic carbocycles. The number of sulfonamides is 1. The molecule has 5 rings (SSSR count). The van der Waals surface area contributed by atoms with Gasteiger partial charge in [0.15, 0.2) is 0 Å². The summed E-state index contributed by atoms with van der Waals surface area (Å²) in [6, 6.07) is 22.5. The maximum atomic E-state index is 13.1. The second-order valence-electron chi connectivity index (χ2n) is 8.09. The monoisotopic (exact) mass is 494 g/mol. The van der Waals surface area contributed by atoms with Crippen molar-refractivity contribution in [2.24, 2.45) is 0 Å². The molecule has 0 bridgehead atoms. The molecule has 1 saturated heterocycles. The first-order chi connectivity index (χ1) is 16.4. The predicted molar refractivity (Wildman–Crippen MR) is 129 cm³/mol. The summed E-state index contributed by atoms with van der Waals surface area (Å²) in [6.07, 6.45) is 0.529. The largest absolute Gasteiger partial charge is 0.341 e. The van der Waals surface area contributed by atoms with Gasteiger partial charge in [0.1, 0.15) is 16.8 Å². The zero-order valence-corrected chi connectivity index (χ0v) is 19.6. The first-order valence-electron chi connectivity index (χ1n) is 10.7. The molecule has 1 amide bonds. The molecule has 4 aromatic rings. The second kappa shape index (κ2) is 9.13. The summed E-state index contributed by atoms with van der Waals surface area (Å²) in [6.45, 7) is 0. The Kier molecular flexibility index (Phi) is 6.03. The first kappa shape index (κ1) is 22.5. The summed E-state index contributed by atoms with van der Waals surface area (Å²) in [5.41, 5.74) is 3.23. The van der Waals surface area contributed by atoms with E-state index in [4.69, 9.17) is 0 Å². The molecule has 3 N–H and O–H groups in total. The maximum Gasteiger partial charge on any atom is 0.241 e. The summed E-state index contributed by atoms with van der Waals surface area (Å²) < 4.78 is 43.5. The predicted octanol–water partition coefficient (Wildman–Crippen LogP) is 3.05. The van der Waals surface area contributed by atoms with Crippen molar-refractivity contribution in [1.82, 2.24) is 19.4 Å². The Hall–Kier alpha value is -3.34. The van der Waals surface area contributed by atoms with Crippen LogP contribution in [0.2, 0.25) is 0 Å². The minimum Gasteiger partial charge on any atom is -0.341 e. The van der Waals surface area contributed by atoms with E-state index in [1.165, 1.54) is 0 Å². The molecule has 8 nitrogen and oxygen atoms in total. The molecule has 2 heterocycles. The summed E-state index contributed by atoms with van der Waals surface area (Å²) in [5, 5.41) is -0.385. The third-order valence-electron chi connectivity index (χ3n) is 5.72. The molecule has 0 spiro atoms. The summed E-state index contributed by atoms with van der Waals surface area (Å²) >= 11 is 0. The van der Waals surface area contributed by atoms with Crippen LogP contribution in [0, 0.1) is 0 Å². The van der Waals surface area contributed by atoms with Crippen LogP contribution in [0.25, 0.3) is 11.0 Å². The van der Waals surface area contributed by atoms with Crippen molar-refractivity contribution in [2.45, 2.75) is 29.0 Å². The van der Waals surface area contributed by atoms with Crippen LogP contribution in [0.5, 0.6) is 0 Å². The molecule has 174 valence electrons. The normalized spacial score (nSPS) is 19.2. The molecule has 2 unspecified atom stereocenters. The lowest BCUT2D eigenvalue weighted by Gasteiger charge is -2.18. The molecule has 1 aromatic heterocycles. The number of carbonyl (C=O) groups is 1. The number of fused-ring (bicyclic) bond motifs is 1. The van der Waals surface area contributed by atoms with E-state index >= 15 is 0 Å². The molecule has 34 heavy (non-hydrogen) atoms. The third-order valence-corrected chi connectivity index (χ3v) is 8.60. The Labute approximate surface area is 199 Å². The molecule has 0 radical (unpaired) electrons. The van der Waals surface area contributed by atoms with Crippen LogP contribution in [0.15, 0.2) is 83.8 Å². The van der Waals surface area contributed by atoms with Crippen molar-refractivity contribution in [3.05, 3.63) is 95.8 Å². The maximum absolute atomic E-state index is 13.1. The van der Waals surface area contributed by atoms with E-state index in [-0.39, 0.29) is 22.5 Å². The van der Waals surface area contributed by atoms with Crippen molar-refractivity contribution in [3.63, 3.8) is 0 Å². The Balaban J connectivity index is 1.45. The molecule has 0 saturated carbocycles. The van der Waals surface area contributed by atoms with Crippen molar-refractivity contribution in [3.8, 4) is 0 Å². The molecular weight excluding hydrogens is 472 g/mol. The number of para-hydroxylation sites is 2. The van der Waals surface area contributed by atoms with Gasteiger partial charge in [-0.3, -0.25) is 9.52 Å². The lowest BCUT2D eigenvalue weighted by Crippen LogP contribution is -2.30. The standard InChI is InChI=1S/C24H22N4O4S2/c29-23-15-22(33(30)27-23)17-12-10-16(11-13-17)14-21(24-25-19-8-4-5-9-20(19)26-24)28-34(31,32)18-6-2-1-3-7-18/h1-13,21-22,28H,14-15H2,(H,25,26)(H,27,29)/t21-,22?,33?/m0/s1. The average molecular weight is 495 g/mol. The van der Waals surface area contributed by atoms with Crippen LogP contribution in [0.1, 0.15) is 34.7 Å². The zero-order chi connectivity index (χ0) is 23.7. The molecule has 1 aliphatic heterocycles. The highest BCUT2D eigenvalue weighted by molar-refractivity contribution is 7.89. The van der Waals surface area contributed by atoms with Gasteiger partial charge in [-0.05, 0) is 41.8 Å². The van der Waals surface area contributed by atoms with Gasteiger partial charge in [-0.1, -0.05) is 54.6 Å². The van der Waals surface area contributed by atoms with E-state index in [1.54, 1.807) is 30.3 Å². The van der Waals surface area contributed by atoms with Crippen molar-refractivity contribution in [1.29, 1.82) is 0 Å². The minimum absolute atomic E-state index is 0.173. The van der Waals surface area contributed by atoms with Crippen LogP contribution < -0.4 is 9.44 Å². The summed E-state index contributed by atoms with van der Waals surface area (Å²) in [7, 11) is -5.23. The fraction of sp³-hybridized carbons (Fsp3) is 0.167. The summed E-state index contributed by atoms with van der Waals surface area (Å²) in [4.78, 5) is 19.6. The Morgan fingerprint density at radius 3 is 2.38 bits per heavy atom. The topological polar surface area (TPSA) is 121 Å². The number of H-pyrrole nitrogens is 1. The van der Waals surface area contributed by atoms with Crippen LogP contribution in [0.3, 0.4) is 0 Å². The van der Waals surface area contributed by atoms with Gasteiger partial charge in [0.25, 0.3) is 0 Å². The van der Waals surface area contributed by atoms with Crippen LogP contribution >= 0.6 is 0 Å². The molecule has 0 aliphatic carbocycles. The lowest BCUT2D eigenvalue weighted by molar-refractivity contribution is -0.118. The highest BCUT2D eigenvalue weighted by atomic mass is 32.2. The number of imidazole rings is 1. The van der Waals surface area contributed by atoms with Crippen LogP contribution in [0.4, 0.5) is 0 Å². The second-order valence-corrected chi connectivity index (χ2v) is 11.2. The number of hydrogen-bond donors (Lipinski definition) is 3. The number of amides is 1. The number of nitrogens with zero attached hydrogens (tertiary/aromatic N) is 1. The van der Waals surface area contributed by atoms with Gasteiger partial charge in [0.05, 0.1) is 27.2 Å². The molecular formula is C24H22N4O4S2. The van der Waals surface area contributed by atoms with Gasteiger partial charge in [-0.25, -0.2) is 22.3 Å². The number of aromatic nitrogens is 2. The van der Waals surface area contributed by atoms with Crippen molar-refractivity contribution >= 4 is 37.9 Å². The molecule has 1 fully saturated rings. The molecule has 10 heteroatoms. The van der Waals surface area contributed by atoms with Crippen LogP contribution in [-0.2, 0) is 32.2 Å². The number of nitrogens with one attached hydrogen (secondary N) is 3. The van der Waals surface area contributed by atoms with E-state index in [0.29, 0.717) is 12.2 Å². The van der Waals surface area contributed by atoms with Crippen molar-refractivity contribution in [2.75, 3.05) is 0 Å². The minimum atomic E-state index is -3.80. The van der Waals surface area contributed by atoms with E-state index in [9.17, 15) is 17.4 Å². The summed E-state index contributed by atoms with van der Waals surface area (Å²) in [5.74, 6) is 0.282. The zero-order valence-electron chi connectivity index (χ0n) is 18.0. The van der Waals surface area contributed by atoms with E-state index < -0.39 is 27.1 Å². The Morgan fingerprint density at radius 2 is 1.71 bits per heavy atom. The van der Waals surface area contributed by atoms with E-state index in [1.807, 2.05) is 48.5 Å². The SMILES string of the molecule is O=C1CC(c2ccc(C[C@H](NS(=O)(=O)c3ccccc3)c3nc4ccccc4[nH]3)cc2)S(=O)N1. The average Bonchev–Trinajstić information content (AvgIpc) is 3.42. The van der Waals surface area contributed by atoms with Crippen molar-refractivity contribution < 1.29 is 17.4 Å². The Morgan fingerprint density at radius 1 is 1.00 bits per heavy atom. The fourth-order valence-electron chi connectivity index (χ4n) is 4.00. The fourth-order valence-corrected chi connectivity index (χ4v) is 6.38. The van der Waals surface area contributed by atoms with E-state index in [0.717, 1.165) is 22.2 Å². The highest BCUT2D eigenvalue weighted by Crippen LogP contribution is 2.28. The van der Waals surface area contributed by atoms with Gasteiger partial charge in [-0.15, -0.1) is 0 Å². The smallest absolute Gasteiger partial charge is 0.241 e.